The number of nitrogens with zero attached hydrogens (tertiary/aromatic N) is 3. The lowest BCUT2D eigenvalue weighted by Gasteiger charge is -2.12. The van der Waals surface area contributed by atoms with Crippen molar-refractivity contribution in [2.75, 3.05) is 11.9 Å². The Morgan fingerprint density at radius 1 is 1.23 bits per heavy atom. The molecule has 0 atom stereocenters. The van der Waals surface area contributed by atoms with Gasteiger partial charge in [-0.2, -0.15) is 13.9 Å². The van der Waals surface area contributed by atoms with Crippen LogP contribution in [0.2, 0.25) is 0 Å². The van der Waals surface area contributed by atoms with Crippen LogP contribution in [0.25, 0.3) is 6.08 Å². The van der Waals surface area contributed by atoms with Crippen molar-refractivity contribution < 1.29 is 23.0 Å². The fourth-order valence-electron chi connectivity index (χ4n) is 2.71. The van der Waals surface area contributed by atoms with E-state index in [4.69, 9.17) is 4.74 Å². The number of anilines is 1. The summed E-state index contributed by atoms with van der Waals surface area (Å²) in [7, 11) is 0. The number of ether oxygens (including phenoxy) is 2. The standard InChI is InChI=1S/C21H20F2N4O3/c1-2-29-19-11-15(7-9-18(19)30-21(22)23)8-10-20(28)26-17-6-4-3-5-16(17)12-27-14-24-13-25-27/h3-11,13-14,21H,2,12H2,1H3,(H,26,28). The minimum atomic E-state index is -2.95. The summed E-state index contributed by atoms with van der Waals surface area (Å²) in [6.45, 7) is -0.466. The van der Waals surface area contributed by atoms with Gasteiger partial charge in [0.2, 0.25) is 5.91 Å². The lowest BCUT2D eigenvalue weighted by atomic mass is 10.1. The van der Waals surface area contributed by atoms with Gasteiger partial charge < -0.3 is 14.8 Å². The fourth-order valence-corrected chi connectivity index (χ4v) is 2.71. The molecular weight excluding hydrogens is 394 g/mol. The summed E-state index contributed by atoms with van der Waals surface area (Å²) in [6.07, 6.45) is 5.95. The zero-order valence-corrected chi connectivity index (χ0v) is 16.2. The van der Waals surface area contributed by atoms with Crippen molar-refractivity contribution >= 4 is 17.7 Å². The van der Waals surface area contributed by atoms with Crippen molar-refractivity contribution in [1.82, 2.24) is 14.8 Å². The number of para-hydroxylation sites is 1. The summed E-state index contributed by atoms with van der Waals surface area (Å²) in [4.78, 5) is 16.3. The Bertz CT molecular complexity index is 1010. The van der Waals surface area contributed by atoms with Gasteiger partial charge in [0.15, 0.2) is 11.5 Å². The Balaban J connectivity index is 1.70. The van der Waals surface area contributed by atoms with Crippen molar-refractivity contribution in [3.05, 3.63) is 72.3 Å². The quantitative estimate of drug-likeness (QED) is 0.536. The molecule has 0 radical (unpaired) electrons. The molecular formula is C21H20F2N4O3. The van der Waals surface area contributed by atoms with Crippen molar-refractivity contribution in [3.8, 4) is 11.5 Å². The second-order valence-corrected chi connectivity index (χ2v) is 6.09. The number of hydrogen-bond acceptors (Lipinski definition) is 5. The molecule has 3 aromatic rings. The Morgan fingerprint density at radius 3 is 2.80 bits per heavy atom. The van der Waals surface area contributed by atoms with Crippen LogP contribution in [0.5, 0.6) is 11.5 Å². The molecule has 1 aromatic heterocycles. The normalized spacial score (nSPS) is 11.1. The third-order valence-electron chi connectivity index (χ3n) is 3.98. The maximum atomic E-state index is 12.5. The van der Waals surface area contributed by atoms with Crippen LogP contribution in [0.15, 0.2) is 61.2 Å². The van der Waals surface area contributed by atoms with Gasteiger partial charge >= 0.3 is 6.61 Å². The Morgan fingerprint density at radius 2 is 2.07 bits per heavy atom. The second kappa shape index (κ2) is 10.1. The highest BCUT2D eigenvalue weighted by molar-refractivity contribution is 6.02. The maximum absolute atomic E-state index is 12.5. The van der Waals surface area contributed by atoms with Gasteiger partial charge in [0, 0.05) is 11.8 Å². The predicted molar refractivity (Wildman–Crippen MR) is 107 cm³/mol. The third-order valence-corrected chi connectivity index (χ3v) is 3.98. The molecule has 0 bridgehead atoms. The van der Waals surface area contributed by atoms with Gasteiger partial charge in [-0.3, -0.25) is 4.79 Å². The van der Waals surface area contributed by atoms with E-state index in [1.165, 1.54) is 24.5 Å². The molecule has 0 saturated carbocycles. The molecule has 9 heteroatoms. The Hall–Kier alpha value is -3.75. The Labute approximate surface area is 172 Å². The number of benzene rings is 2. The average molecular weight is 414 g/mol. The Kier molecular flexibility index (Phi) is 7.09. The number of nitrogens with one attached hydrogen (secondary N) is 1. The monoisotopic (exact) mass is 414 g/mol. The van der Waals surface area contributed by atoms with E-state index in [0.29, 0.717) is 17.8 Å². The van der Waals surface area contributed by atoms with Crippen molar-refractivity contribution in [2.45, 2.75) is 20.1 Å². The van der Waals surface area contributed by atoms with Crippen molar-refractivity contribution in [3.63, 3.8) is 0 Å². The first-order chi connectivity index (χ1) is 14.5. The van der Waals surface area contributed by atoms with Gasteiger partial charge in [0.25, 0.3) is 0 Å². The zero-order valence-electron chi connectivity index (χ0n) is 16.2. The molecule has 0 saturated heterocycles. The number of alkyl halides is 2. The molecule has 0 aliphatic rings. The summed E-state index contributed by atoms with van der Waals surface area (Å²) in [5.74, 6) is -0.221. The fraction of sp³-hybridized carbons (Fsp3) is 0.190. The van der Waals surface area contributed by atoms with Gasteiger partial charge in [-0.05, 0) is 42.3 Å². The van der Waals surface area contributed by atoms with Crippen LogP contribution < -0.4 is 14.8 Å². The molecule has 1 heterocycles. The average Bonchev–Trinajstić information content (AvgIpc) is 3.22. The third kappa shape index (κ3) is 5.87. The minimum absolute atomic E-state index is 0.0597. The first-order valence-electron chi connectivity index (χ1n) is 9.16. The summed E-state index contributed by atoms with van der Waals surface area (Å²) >= 11 is 0. The van der Waals surface area contributed by atoms with Crippen LogP contribution in [0.1, 0.15) is 18.1 Å². The predicted octanol–water partition coefficient (Wildman–Crippen LogP) is 3.98. The zero-order chi connectivity index (χ0) is 21.3. The van der Waals surface area contributed by atoms with Gasteiger partial charge in [-0.15, -0.1) is 0 Å². The van der Waals surface area contributed by atoms with Crippen LogP contribution in [0, 0.1) is 0 Å². The highest BCUT2D eigenvalue weighted by atomic mass is 19.3. The van der Waals surface area contributed by atoms with Crippen LogP contribution >= 0.6 is 0 Å². The summed E-state index contributed by atoms with van der Waals surface area (Å²) in [5, 5.41) is 6.89. The van der Waals surface area contributed by atoms with Crippen molar-refractivity contribution in [1.29, 1.82) is 0 Å². The minimum Gasteiger partial charge on any atom is -0.490 e. The van der Waals surface area contributed by atoms with E-state index in [1.807, 2.05) is 18.2 Å². The van der Waals surface area contributed by atoms with Crippen LogP contribution in [-0.2, 0) is 11.3 Å². The number of rotatable bonds is 9. The molecule has 156 valence electrons. The molecule has 3 rings (SSSR count). The second-order valence-electron chi connectivity index (χ2n) is 6.09. The highest BCUT2D eigenvalue weighted by Gasteiger charge is 2.11. The first-order valence-corrected chi connectivity index (χ1v) is 9.16. The summed E-state index contributed by atoms with van der Waals surface area (Å²) < 4.78 is 36.4. The van der Waals surface area contributed by atoms with Gasteiger partial charge in [-0.1, -0.05) is 24.3 Å². The van der Waals surface area contributed by atoms with Crippen LogP contribution in [-0.4, -0.2) is 33.9 Å². The SMILES string of the molecule is CCOc1cc(C=CC(=O)Nc2ccccc2Cn2cncn2)ccc1OC(F)F. The number of carbonyl (C=O) groups is 1. The molecule has 30 heavy (non-hydrogen) atoms. The highest BCUT2D eigenvalue weighted by Crippen LogP contribution is 2.30. The maximum Gasteiger partial charge on any atom is 0.387 e. The van der Waals surface area contributed by atoms with Gasteiger partial charge in [0.1, 0.15) is 12.7 Å². The molecule has 1 amide bonds. The number of carbonyl (C=O) groups excluding carboxylic acids is 1. The number of amides is 1. The van der Waals surface area contributed by atoms with Gasteiger partial charge in [0.05, 0.1) is 13.2 Å². The topological polar surface area (TPSA) is 78.3 Å². The number of aromatic nitrogens is 3. The molecule has 0 aliphatic heterocycles. The van der Waals surface area contributed by atoms with Crippen LogP contribution in [0.4, 0.5) is 14.5 Å². The molecule has 0 aliphatic carbocycles. The molecule has 1 N–H and O–H groups in total. The molecule has 7 nitrogen and oxygen atoms in total. The lowest BCUT2D eigenvalue weighted by molar-refractivity contribution is -0.111. The molecule has 0 unspecified atom stereocenters. The summed E-state index contributed by atoms with van der Waals surface area (Å²) in [5.41, 5.74) is 2.13. The molecule has 2 aromatic carbocycles. The van der Waals surface area contributed by atoms with E-state index in [2.05, 4.69) is 20.1 Å². The first kappa shape index (κ1) is 21.0. The van der Waals surface area contributed by atoms with E-state index >= 15 is 0 Å². The number of hydrogen-bond donors (Lipinski definition) is 1. The molecule has 0 spiro atoms. The van der Waals surface area contributed by atoms with Crippen LogP contribution in [0.3, 0.4) is 0 Å². The van der Waals surface area contributed by atoms with E-state index in [1.54, 1.807) is 36.1 Å². The molecule has 0 fully saturated rings. The summed E-state index contributed by atoms with van der Waals surface area (Å²) in [6, 6.07) is 11.8. The van der Waals surface area contributed by atoms with E-state index in [9.17, 15) is 13.6 Å². The van der Waals surface area contributed by atoms with E-state index in [0.717, 1.165) is 5.56 Å². The smallest absolute Gasteiger partial charge is 0.387 e. The van der Waals surface area contributed by atoms with Gasteiger partial charge in [-0.25, -0.2) is 9.67 Å². The number of halogens is 2. The van der Waals surface area contributed by atoms with E-state index in [-0.39, 0.29) is 24.0 Å². The van der Waals surface area contributed by atoms with Crippen molar-refractivity contribution in [2.24, 2.45) is 0 Å². The lowest BCUT2D eigenvalue weighted by Crippen LogP contribution is -2.11. The van der Waals surface area contributed by atoms with E-state index < -0.39 is 6.61 Å². The largest absolute Gasteiger partial charge is 0.490 e.